The van der Waals surface area contributed by atoms with Gasteiger partial charge in [-0.3, -0.25) is 9.59 Å². The van der Waals surface area contributed by atoms with Gasteiger partial charge in [0.2, 0.25) is 11.8 Å². The van der Waals surface area contributed by atoms with Gasteiger partial charge in [-0.25, -0.2) is 9.88 Å². The summed E-state index contributed by atoms with van der Waals surface area (Å²) < 4.78 is 0. The molecule has 1 spiro atoms. The molecular formula is C15H17ClN2O2. The zero-order valence-electron chi connectivity index (χ0n) is 11.3. The van der Waals surface area contributed by atoms with Gasteiger partial charge in [-0.15, -0.1) is 0 Å². The largest absolute Gasteiger partial charge is 0.274 e. The number of nitrogens with zero attached hydrogens (tertiary/aromatic N) is 2. The number of pyridine rings is 1. The number of halogens is 1. The molecule has 1 aliphatic carbocycles. The highest BCUT2D eigenvalue weighted by atomic mass is 35.5. The molecule has 1 saturated heterocycles. The molecule has 4 nitrogen and oxygen atoms in total. The van der Waals surface area contributed by atoms with Gasteiger partial charge in [-0.05, 0) is 30.4 Å². The monoisotopic (exact) mass is 292 g/mol. The molecule has 5 heteroatoms. The Bertz CT molecular complexity index is 533. The second-order valence-electron chi connectivity index (χ2n) is 5.85. The van der Waals surface area contributed by atoms with Crippen LogP contribution < -0.4 is 4.90 Å². The lowest BCUT2D eigenvalue weighted by Crippen LogP contribution is -2.49. The standard InChI is InChI=1S/C15H17ClN2O2/c16-11-5-4-8-17-14(11)18-12(19)9-15(10-13(18)20)6-2-1-3-7-15/h4-5,8H,1-3,6-7,9-10H2. The third-order valence-electron chi connectivity index (χ3n) is 4.42. The first-order valence-corrected chi connectivity index (χ1v) is 7.45. The summed E-state index contributed by atoms with van der Waals surface area (Å²) in [5.74, 6) is -0.0534. The maximum absolute atomic E-state index is 12.4. The summed E-state index contributed by atoms with van der Waals surface area (Å²) in [7, 11) is 0. The van der Waals surface area contributed by atoms with Crippen molar-refractivity contribution in [1.29, 1.82) is 0 Å². The van der Waals surface area contributed by atoms with Crippen LogP contribution in [0.15, 0.2) is 18.3 Å². The van der Waals surface area contributed by atoms with Crippen molar-refractivity contribution in [2.45, 2.75) is 44.9 Å². The fourth-order valence-corrected chi connectivity index (χ4v) is 3.64. The molecule has 20 heavy (non-hydrogen) atoms. The zero-order valence-corrected chi connectivity index (χ0v) is 12.0. The van der Waals surface area contributed by atoms with Crippen LogP contribution in [0.5, 0.6) is 0 Å². The van der Waals surface area contributed by atoms with Crippen molar-refractivity contribution in [3.8, 4) is 0 Å². The smallest absolute Gasteiger partial charge is 0.235 e. The van der Waals surface area contributed by atoms with Crippen molar-refractivity contribution in [2.75, 3.05) is 4.90 Å². The summed E-state index contributed by atoms with van der Waals surface area (Å²) >= 11 is 6.06. The Morgan fingerprint density at radius 1 is 1.10 bits per heavy atom. The third-order valence-corrected chi connectivity index (χ3v) is 4.71. The van der Waals surface area contributed by atoms with Gasteiger partial charge in [0.25, 0.3) is 0 Å². The Morgan fingerprint density at radius 2 is 1.75 bits per heavy atom. The van der Waals surface area contributed by atoms with Crippen molar-refractivity contribution in [2.24, 2.45) is 5.41 Å². The molecule has 2 amide bonds. The molecule has 3 rings (SSSR count). The van der Waals surface area contributed by atoms with Gasteiger partial charge in [0.1, 0.15) is 0 Å². The fourth-order valence-electron chi connectivity index (χ4n) is 3.43. The first kappa shape index (κ1) is 13.6. The molecule has 0 aromatic carbocycles. The van der Waals surface area contributed by atoms with E-state index in [2.05, 4.69) is 4.98 Å². The van der Waals surface area contributed by atoms with E-state index >= 15 is 0 Å². The maximum Gasteiger partial charge on any atom is 0.235 e. The second-order valence-corrected chi connectivity index (χ2v) is 6.25. The minimum atomic E-state index is -0.163. The Kier molecular flexibility index (Phi) is 3.50. The molecule has 1 aromatic rings. The van der Waals surface area contributed by atoms with Crippen molar-refractivity contribution < 1.29 is 9.59 Å². The van der Waals surface area contributed by atoms with Crippen LogP contribution >= 0.6 is 11.6 Å². The number of hydrogen-bond acceptors (Lipinski definition) is 3. The summed E-state index contributed by atoms with van der Waals surface area (Å²) in [5, 5.41) is 0.341. The van der Waals surface area contributed by atoms with E-state index in [1.807, 2.05) is 0 Å². The topological polar surface area (TPSA) is 50.3 Å². The summed E-state index contributed by atoms with van der Waals surface area (Å²) in [6, 6.07) is 3.34. The lowest BCUT2D eigenvalue weighted by atomic mass is 9.67. The Labute approximate surface area is 123 Å². The van der Waals surface area contributed by atoms with Crippen LogP contribution in [0.3, 0.4) is 0 Å². The van der Waals surface area contributed by atoms with Crippen molar-refractivity contribution in [1.82, 2.24) is 4.98 Å². The zero-order chi connectivity index (χ0) is 14.2. The van der Waals surface area contributed by atoms with E-state index in [1.54, 1.807) is 18.3 Å². The molecule has 2 fully saturated rings. The molecule has 0 atom stereocenters. The summed E-state index contributed by atoms with van der Waals surface area (Å²) in [4.78, 5) is 30.1. The van der Waals surface area contributed by atoms with Gasteiger partial charge < -0.3 is 0 Å². The van der Waals surface area contributed by atoms with Crippen LogP contribution in [0.25, 0.3) is 0 Å². The highest BCUT2D eigenvalue weighted by Gasteiger charge is 2.45. The van der Waals surface area contributed by atoms with Gasteiger partial charge >= 0.3 is 0 Å². The number of carbonyl (C=O) groups excluding carboxylic acids is 2. The number of imide groups is 1. The van der Waals surface area contributed by atoms with Gasteiger partial charge in [0.15, 0.2) is 5.82 Å². The van der Waals surface area contributed by atoms with E-state index in [0.717, 1.165) is 25.7 Å². The first-order chi connectivity index (χ1) is 9.61. The van der Waals surface area contributed by atoms with Gasteiger partial charge in [-0.2, -0.15) is 0 Å². The molecule has 0 unspecified atom stereocenters. The van der Waals surface area contributed by atoms with E-state index in [4.69, 9.17) is 11.6 Å². The van der Waals surface area contributed by atoms with Crippen LogP contribution in [0.2, 0.25) is 5.02 Å². The van der Waals surface area contributed by atoms with E-state index in [1.165, 1.54) is 11.3 Å². The number of aromatic nitrogens is 1. The maximum atomic E-state index is 12.4. The molecule has 1 aromatic heterocycles. The quantitative estimate of drug-likeness (QED) is 0.746. The lowest BCUT2D eigenvalue weighted by Gasteiger charge is -2.42. The molecule has 0 N–H and O–H groups in total. The summed E-state index contributed by atoms with van der Waals surface area (Å²) in [6.07, 6.45) is 7.82. The van der Waals surface area contributed by atoms with Crippen molar-refractivity contribution >= 4 is 29.2 Å². The predicted molar refractivity (Wildman–Crippen MR) is 76.5 cm³/mol. The van der Waals surface area contributed by atoms with Gasteiger partial charge in [-0.1, -0.05) is 30.9 Å². The predicted octanol–water partition coefficient (Wildman–Crippen LogP) is 3.34. The summed E-state index contributed by atoms with van der Waals surface area (Å²) in [6.45, 7) is 0. The Hall–Kier alpha value is -1.42. The number of hydrogen-bond donors (Lipinski definition) is 0. The van der Waals surface area contributed by atoms with Crippen LogP contribution in [0.1, 0.15) is 44.9 Å². The fraction of sp³-hybridized carbons (Fsp3) is 0.533. The van der Waals surface area contributed by atoms with Crippen molar-refractivity contribution in [3.05, 3.63) is 23.4 Å². The van der Waals surface area contributed by atoms with E-state index in [9.17, 15) is 9.59 Å². The van der Waals surface area contributed by atoms with E-state index in [-0.39, 0.29) is 23.0 Å². The number of rotatable bonds is 1. The second kappa shape index (κ2) is 5.17. The van der Waals surface area contributed by atoms with E-state index in [0.29, 0.717) is 17.9 Å². The molecule has 1 saturated carbocycles. The number of piperidine rings is 1. The average Bonchev–Trinajstić information content (AvgIpc) is 2.41. The van der Waals surface area contributed by atoms with Crippen LogP contribution in [0.4, 0.5) is 5.82 Å². The van der Waals surface area contributed by atoms with Gasteiger partial charge in [0.05, 0.1) is 5.02 Å². The third kappa shape index (κ3) is 2.33. The van der Waals surface area contributed by atoms with Crippen LogP contribution in [-0.2, 0) is 9.59 Å². The number of carbonyl (C=O) groups is 2. The van der Waals surface area contributed by atoms with E-state index < -0.39 is 0 Å². The van der Waals surface area contributed by atoms with Crippen LogP contribution in [0, 0.1) is 5.41 Å². The summed E-state index contributed by atoms with van der Waals surface area (Å²) in [5.41, 5.74) is -0.107. The molecule has 0 radical (unpaired) electrons. The molecule has 2 heterocycles. The highest BCUT2D eigenvalue weighted by molar-refractivity contribution is 6.34. The Morgan fingerprint density at radius 3 is 2.35 bits per heavy atom. The van der Waals surface area contributed by atoms with Gasteiger partial charge in [0, 0.05) is 19.0 Å². The Balaban J connectivity index is 1.88. The minimum absolute atomic E-state index is 0.107. The first-order valence-electron chi connectivity index (χ1n) is 7.08. The highest BCUT2D eigenvalue weighted by Crippen LogP contribution is 2.46. The molecule has 2 aliphatic rings. The number of anilines is 1. The van der Waals surface area contributed by atoms with Crippen LogP contribution in [-0.4, -0.2) is 16.8 Å². The normalized spacial score (nSPS) is 22.4. The average molecular weight is 293 g/mol. The lowest BCUT2D eigenvalue weighted by molar-refractivity contribution is -0.134. The number of amides is 2. The molecule has 1 aliphatic heterocycles. The molecule has 0 bridgehead atoms. The molecular weight excluding hydrogens is 276 g/mol. The molecule has 106 valence electrons. The van der Waals surface area contributed by atoms with Crippen molar-refractivity contribution in [3.63, 3.8) is 0 Å². The minimum Gasteiger partial charge on any atom is -0.274 e. The SMILES string of the molecule is O=C1CC2(CCCCC2)CC(=O)N1c1ncccc1Cl.